The second-order valence-corrected chi connectivity index (χ2v) is 9.36. The second-order valence-electron chi connectivity index (χ2n) is 8.93. The van der Waals surface area contributed by atoms with Crippen molar-refractivity contribution in [3.8, 4) is 17.0 Å². The van der Waals surface area contributed by atoms with E-state index in [9.17, 15) is 5.11 Å². The highest BCUT2D eigenvalue weighted by Crippen LogP contribution is 2.46. The predicted molar refractivity (Wildman–Crippen MR) is 110 cm³/mol. The average Bonchev–Trinajstić information content (AvgIpc) is 3.08. The number of anilines is 1. The number of piperidine rings is 1. The lowest BCUT2D eigenvalue weighted by atomic mass is 9.62. The first-order chi connectivity index (χ1) is 13.3. The van der Waals surface area contributed by atoms with Crippen molar-refractivity contribution in [2.24, 2.45) is 5.41 Å². The molecule has 2 atom stereocenters. The molecule has 2 bridgehead atoms. The van der Waals surface area contributed by atoms with Gasteiger partial charge in [-0.15, -0.1) is 0 Å². The lowest BCUT2D eigenvalue weighted by Crippen LogP contribution is -2.80. The van der Waals surface area contributed by atoms with Crippen LogP contribution in [0.4, 0.5) is 6.01 Å². The minimum Gasteiger partial charge on any atom is -0.506 e. The van der Waals surface area contributed by atoms with E-state index >= 15 is 0 Å². The van der Waals surface area contributed by atoms with Crippen LogP contribution in [0.3, 0.4) is 0 Å². The number of rotatable bonds is 2. The predicted octanol–water partition coefficient (Wildman–Crippen LogP) is 4.22. The molecule has 28 heavy (non-hydrogen) atoms. The maximum atomic E-state index is 10.3. The van der Waals surface area contributed by atoms with E-state index in [4.69, 9.17) is 16.0 Å². The van der Waals surface area contributed by atoms with Crippen molar-refractivity contribution in [3.63, 3.8) is 0 Å². The molecule has 0 saturated carbocycles. The summed E-state index contributed by atoms with van der Waals surface area (Å²) in [7, 11) is 0. The van der Waals surface area contributed by atoms with Gasteiger partial charge >= 0.3 is 0 Å². The molecular weight excluding hydrogens is 376 g/mol. The molecule has 3 fully saturated rings. The molecule has 7 heteroatoms. The fraction of sp³-hybridized carbons (Fsp3) is 0.429. The highest BCUT2D eigenvalue weighted by Gasteiger charge is 2.56. The Morgan fingerprint density at radius 1 is 1.29 bits per heavy atom. The molecule has 5 heterocycles. The standard InChI is InChI=1S/C21H23ClN4O2/c1-20(2,3)21-8-13(25-21)10-26(11-21)19-24-17-16(27)7-5-14(18(17)28-19)15-6-4-12(22)9-23-15/h4-7,9,13,25,27H,8,10-11H2,1-3H3. The summed E-state index contributed by atoms with van der Waals surface area (Å²) in [5.41, 5.74) is 2.71. The van der Waals surface area contributed by atoms with Crippen molar-refractivity contribution >= 4 is 28.7 Å². The Hall–Kier alpha value is -2.31. The van der Waals surface area contributed by atoms with Gasteiger partial charge in [0, 0.05) is 36.4 Å². The number of hydrogen-bond acceptors (Lipinski definition) is 6. The van der Waals surface area contributed by atoms with E-state index in [1.807, 2.05) is 6.07 Å². The van der Waals surface area contributed by atoms with Crippen molar-refractivity contribution in [1.29, 1.82) is 0 Å². The number of pyridine rings is 1. The Morgan fingerprint density at radius 3 is 2.75 bits per heavy atom. The van der Waals surface area contributed by atoms with Crippen LogP contribution in [0.5, 0.6) is 5.75 Å². The number of hydrogen-bond donors (Lipinski definition) is 2. The Morgan fingerprint density at radius 2 is 2.07 bits per heavy atom. The number of halogens is 1. The lowest BCUT2D eigenvalue weighted by molar-refractivity contribution is 0.00504. The second kappa shape index (κ2) is 5.84. The maximum Gasteiger partial charge on any atom is 0.298 e. The van der Waals surface area contributed by atoms with Crippen molar-refractivity contribution in [2.75, 3.05) is 18.0 Å². The summed E-state index contributed by atoms with van der Waals surface area (Å²) in [4.78, 5) is 11.2. The largest absolute Gasteiger partial charge is 0.506 e. The van der Waals surface area contributed by atoms with Gasteiger partial charge in [0.2, 0.25) is 0 Å². The van der Waals surface area contributed by atoms with E-state index in [1.54, 1.807) is 24.4 Å². The molecular formula is C21H23ClN4O2. The number of phenolic OH excluding ortho intramolecular Hbond substituents is 1. The number of benzene rings is 1. The number of phenols is 1. The Labute approximate surface area is 168 Å². The smallest absolute Gasteiger partial charge is 0.298 e. The summed E-state index contributed by atoms with van der Waals surface area (Å²) in [5, 5.41) is 14.7. The lowest BCUT2D eigenvalue weighted by Gasteiger charge is -2.62. The molecule has 146 valence electrons. The van der Waals surface area contributed by atoms with Gasteiger partial charge in [0.05, 0.1) is 10.7 Å². The summed E-state index contributed by atoms with van der Waals surface area (Å²) < 4.78 is 6.18. The molecule has 3 aromatic rings. The quantitative estimate of drug-likeness (QED) is 0.673. The van der Waals surface area contributed by atoms with Gasteiger partial charge in [-0.05, 0) is 36.1 Å². The van der Waals surface area contributed by atoms with Crippen molar-refractivity contribution in [2.45, 2.75) is 38.8 Å². The Balaban J connectivity index is 1.56. The summed E-state index contributed by atoms with van der Waals surface area (Å²) in [5.74, 6) is 0.105. The van der Waals surface area contributed by atoms with Crippen LogP contribution in [0.1, 0.15) is 27.2 Å². The summed E-state index contributed by atoms with van der Waals surface area (Å²) in [6.45, 7) is 8.47. The molecule has 3 saturated heterocycles. The maximum absolute atomic E-state index is 10.3. The van der Waals surface area contributed by atoms with Gasteiger partial charge in [-0.25, -0.2) is 0 Å². The highest BCUT2D eigenvalue weighted by molar-refractivity contribution is 6.30. The molecule has 0 radical (unpaired) electrons. The molecule has 3 aliphatic rings. The SMILES string of the molecule is CC(C)(C)C12CC(CN(c3nc4c(O)ccc(-c5ccc(Cl)cn5)c4o3)C1)N2. The fourth-order valence-corrected chi connectivity index (χ4v) is 4.54. The number of aromatic hydroxyl groups is 1. The Kier molecular flexibility index (Phi) is 3.71. The molecule has 1 aromatic carbocycles. The minimum atomic E-state index is 0.0547. The number of fused-ring (bicyclic) bond motifs is 3. The van der Waals surface area contributed by atoms with Gasteiger partial charge in [-0.3, -0.25) is 4.98 Å². The first-order valence-electron chi connectivity index (χ1n) is 9.53. The van der Waals surface area contributed by atoms with E-state index in [1.165, 1.54) is 6.42 Å². The van der Waals surface area contributed by atoms with E-state index in [0.717, 1.165) is 24.3 Å². The van der Waals surface area contributed by atoms with Crippen LogP contribution >= 0.6 is 11.6 Å². The van der Waals surface area contributed by atoms with E-state index < -0.39 is 0 Å². The van der Waals surface area contributed by atoms with E-state index in [2.05, 4.69) is 41.0 Å². The topological polar surface area (TPSA) is 74.4 Å². The average molecular weight is 399 g/mol. The van der Waals surface area contributed by atoms with Crippen LogP contribution in [0.25, 0.3) is 22.4 Å². The third-order valence-electron chi connectivity index (χ3n) is 6.20. The van der Waals surface area contributed by atoms with Gasteiger partial charge in [0.1, 0.15) is 5.75 Å². The number of oxazole rings is 1. The van der Waals surface area contributed by atoms with Gasteiger partial charge in [-0.1, -0.05) is 32.4 Å². The zero-order valence-corrected chi connectivity index (χ0v) is 16.9. The monoisotopic (exact) mass is 398 g/mol. The molecule has 2 unspecified atom stereocenters. The van der Waals surface area contributed by atoms with Crippen LogP contribution < -0.4 is 10.2 Å². The van der Waals surface area contributed by atoms with Crippen LogP contribution in [0, 0.1) is 5.41 Å². The van der Waals surface area contributed by atoms with Crippen LogP contribution in [0.15, 0.2) is 34.9 Å². The molecule has 3 aliphatic heterocycles. The first kappa shape index (κ1) is 17.8. The molecule has 2 aromatic heterocycles. The molecule has 0 aliphatic carbocycles. The summed E-state index contributed by atoms with van der Waals surface area (Å²) in [6.07, 6.45) is 2.77. The molecule has 2 N–H and O–H groups in total. The number of aromatic nitrogens is 2. The van der Waals surface area contributed by atoms with Crippen LogP contribution in [-0.4, -0.2) is 39.7 Å². The van der Waals surface area contributed by atoms with Gasteiger partial charge in [0.25, 0.3) is 6.01 Å². The number of nitrogens with one attached hydrogen (secondary N) is 1. The first-order valence-corrected chi connectivity index (χ1v) is 9.91. The zero-order valence-electron chi connectivity index (χ0n) is 16.2. The van der Waals surface area contributed by atoms with Crippen molar-refractivity contribution in [3.05, 3.63) is 35.5 Å². The number of piperazine rings is 1. The Bertz CT molecular complexity index is 1050. The van der Waals surface area contributed by atoms with Crippen LogP contribution in [-0.2, 0) is 0 Å². The zero-order chi connectivity index (χ0) is 19.7. The molecule has 6 rings (SSSR count). The van der Waals surface area contributed by atoms with Crippen LogP contribution in [0.2, 0.25) is 5.02 Å². The highest BCUT2D eigenvalue weighted by atomic mass is 35.5. The van der Waals surface area contributed by atoms with E-state index in [-0.39, 0.29) is 16.7 Å². The molecule has 6 nitrogen and oxygen atoms in total. The minimum absolute atomic E-state index is 0.0547. The van der Waals surface area contributed by atoms with Crippen molar-refractivity contribution < 1.29 is 9.52 Å². The third-order valence-corrected chi connectivity index (χ3v) is 6.42. The normalized spacial score (nSPS) is 24.4. The summed E-state index contributed by atoms with van der Waals surface area (Å²) in [6, 6.07) is 8.04. The molecule has 0 spiro atoms. The van der Waals surface area contributed by atoms with Gasteiger partial charge in [0.15, 0.2) is 11.1 Å². The third kappa shape index (κ3) is 2.58. The van der Waals surface area contributed by atoms with Crippen molar-refractivity contribution in [1.82, 2.24) is 15.3 Å². The van der Waals surface area contributed by atoms with E-state index in [0.29, 0.717) is 28.2 Å². The fourth-order valence-electron chi connectivity index (χ4n) is 4.43. The van der Waals surface area contributed by atoms with Gasteiger partial charge in [-0.2, -0.15) is 4.98 Å². The molecule has 0 amide bonds. The van der Waals surface area contributed by atoms with Gasteiger partial charge < -0.3 is 19.7 Å². The summed E-state index contributed by atoms with van der Waals surface area (Å²) >= 11 is 5.96. The number of nitrogens with zero attached hydrogens (tertiary/aromatic N) is 3.